The predicted octanol–water partition coefficient (Wildman–Crippen LogP) is 3.74. The number of aliphatic hydroxyl groups is 1. The molecule has 1 N–H and O–H groups in total. The van der Waals surface area contributed by atoms with E-state index in [4.69, 9.17) is 4.74 Å². The lowest BCUT2D eigenvalue weighted by Crippen LogP contribution is -2.38. The van der Waals surface area contributed by atoms with Gasteiger partial charge in [0.2, 0.25) is 0 Å². The number of hydrogen-bond acceptors (Lipinski definition) is 6. The third kappa shape index (κ3) is 3.04. The van der Waals surface area contributed by atoms with E-state index >= 15 is 0 Å². The van der Waals surface area contributed by atoms with Gasteiger partial charge in [0.25, 0.3) is 0 Å². The normalized spacial score (nSPS) is 17.6. The molecule has 0 saturated heterocycles. The Bertz CT molecular complexity index is 984. The van der Waals surface area contributed by atoms with Gasteiger partial charge in [-0.25, -0.2) is 9.97 Å². The van der Waals surface area contributed by atoms with Crippen LogP contribution in [0.2, 0.25) is 0 Å². The molecule has 1 aliphatic rings. The molecular weight excluding hydrogens is 352 g/mol. The van der Waals surface area contributed by atoms with Crippen molar-refractivity contribution in [1.82, 2.24) is 15.0 Å². The van der Waals surface area contributed by atoms with E-state index in [1.807, 2.05) is 36.4 Å². The molecule has 144 valence electrons. The number of aliphatic hydroxyl groups excluding tert-OH is 1. The Morgan fingerprint density at radius 2 is 1.79 bits per heavy atom. The van der Waals surface area contributed by atoms with Crippen LogP contribution in [0.3, 0.4) is 0 Å². The molecule has 0 radical (unpaired) electrons. The topological polar surface area (TPSA) is 71.4 Å². The van der Waals surface area contributed by atoms with Crippen molar-refractivity contribution in [3.63, 3.8) is 0 Å². The van der Waals surface area contributed by atoms with Gasteiger partial charge in [0, 0.05) is 36.2 Å². The molecule has 4 rings (SSSR count). The molecule has 1 unspecified atom stereocenters. The van der Waals surface area contributed by atoms with E-state index in [9.17, 15) is 5.11 Å². The molecule has 0 spiro atoms. The second kappa shape index (κ2) is 6.96. The second-order valence-corrected chi connectivity index (χ2v) is 7.66. The van der Waals surface area contributed by atoms with E-state index in [2.05, 4.69) is 47.0 Å². The van der Waals surface area contributed by atoms with Crippen LogP contribution in [0.5, 0.6) is 0 Å². The number of pyridine rings is 1. The van der Waals surface area contributed by atoms with E-state index in [0.29, 0.717) is 6.61 Å². The highest BCUT2D eigenvalue weighted by atomic mass is 16.5. The largest absolute Gasteiger partial charge is 0.378 e. The van der Waals surface area contributed by atoms with Crippen LogP contribution in [0.15, 0.2) is 48.9 Å². The fourth-order valence-electron chi connectivity index (χ4n) is 3.66. The quantitative estimate of drug-likeness (QED) is 0.748. The van der Waals surface area contributed by atoms with E-state index in [0.717, 1.165) is 39.6 Å². The van der Waals surface area contributed by atoms with Crippen LogP contribution in [0.4, 0.5) is 11.4 Å². The van der Waals surface area contributed by atoms with Gasteiger partial charge in [-0.15, -0.1) is 0 Å². The molecule has 28 heavy (non-hydrogen) atoms. The average molecular weight is 376 g/mol. The van der Waals surface area contributed by atoms with Crippen LogP contribution < -0.4 is 4.90 Å². The average Bonchev–Trinajstić information content (AvgIpc) is 2.89. The highest BCUT2D eigenvalue weighted by molar-refractivity contribution is 5.78. The molecule has 1 atom stereocenters. The molecule has 1 aliphatic heterocycles. The Morgan fingerprint density at radius 1 is 1.04 bits per heavy atom. The number of hydrogen-bond donors (Lipinski definition) is 1. The number of methoxy groups -OCH3 is 1. The molecule has 3 heterocycles. The number of aryl methyl sites for hydroxylation is 1. The van der Waals surface area contributed by atoms with Crippen molar-refractivity contribution in [2.45, 2.75) is 39.0 Å². The Kier molecular flexibility index (Phi) is 4.61. The van der Waals surface area contributed by atoms with Gasteiger partial charge >= 0.3 is 0 Å². The fourth-order valence-corrected chi connectivity index (χ4v) is 3.66. The van der Waals surface area contributed by atoms with Gasteiger partial charge in [0.05, 0.1) is 24.2 Å². The molecule has 0 bridgehead atoms. The van der Waals surface area contributed by atoms with Crippen LogP contribution in [-0.2, 0) is 16.8 Å². The zero-order chi connectivity index (χ0) is 19.9. The summed E-state index contributed by atoms with van der Waals surface area (Å²) in [6.45, 7) is 6.44. The van der Waals surface area contributed by atoms with Gasteiger partial charge in [-0.3, -0.25) is 4.98 Å². The molecule has 0 fully saturated rings. The first-order chi connectivity index (χ1) is 13.4. The number of nitrogens with zero attached hydrogens (tertiary/aromatic N) is 4. The number of fused-ring (bicyclic) bond motifs is 1. The van der Waals surface area contributed by atoms with Gasteiger partial charge in [-0.1, -0.05) is 26.0 Å². The minimum atomic E-state index is -0.693. The summed E-state index contributed by atoms with van der Waals surface area (Å²) in [6.07, 6.45) is 4.74. The summed E-state index contributed by atoms with van der Waals surface area (Å²) in [4.78, 5) is 15.0. The summed E-state index contributed by atoms with van der Waals surface area (Å²) < 4.78 is 5.14. The van der Waals surface area contributed by atoms with Crippen LogP contribution >= 0.6 is 0 Å². The van der Waals surface area contributed by atoms with Gasteiger partial charge in [-0.05, 0) is 36.2 Å². The predicted molar refractivity (Wildman–Crippen MR) is 108 cm³/mol. The van der Waals surface area contributed by atoms with Crippen LogP contribution in [-0.4, -0.2) is 33.4 Å². The Labute approximate surface area is 164 Å². The minimum Gasteiger partial charge on any atom is -0.378 e. The third-order valence-corrected chi connectivity index (χ3v) is 5.34. The molecule has 6 heteroatoms. The van der Waals surface area contributed by atoms with Gasteiger partial charge in [-0.2, -0.15) is 0 Å². The molecule has 0 aliphatic carbocycles. The lowest BCUT2D eigenvalue weighted by molar-refractivity contribution is 0.119. The molecule has 0 saturated carbocycles. The number of benzene rings is 1. The monoisotopic (exact) mass is 376 g/mol. The number of rotatable bonds is 4. The van der Waals surface area contributed by atoms with Crippen LogP contribution in [0.1, 0.15) is 30.9 Å². The van der Waals surface area contributed by atoms with Gasteiger partial charge in [0.15, 0.2) is 0 Å². The first-order valence-electron chi connectivity index (χ1n) is 9.26. The van der Waals surface area contributed by atoms with Crippen molar-refractivity contribution in [2.75, 3.05) is 12.0 Å². The maximum Gasteiger partial charge on any atom is 0.140 e. The SMILES string of the molecule is COCc1ccc(N2c3cc(-c4cnc(C)nc4)ccc3C(C)(C)C2O)cn1. The first kappa shape index (κ1) is 18.5. The van der Waals surface area contributed by atoms with E-state index in [1.54, 1.807) is 13.3 Å². The number of ether oxygens (including phenoxy) is 1. The van der Waals surface area contributed by atoms with E-state index < -0.39 is 11.6 Å². The summed E-state index contributed by atoms with van der Waals surface area (Å²) in [6, 6.07) is 10.1. The standard InChI is InChI=1S/C22H24N4O2/c1-14-23-10-16(11-24-14)15-5-8-19-20(9-15)26(21(27)22(19,2)3)18-7-6-17(13-28-4)25-12-18/h5-12,21,27H,13H2,1-4H3. The summed E-state index contributed by atoms with van der Waals surface area (Å²) in [5.41, 5.74) is 5.30. The van der Waals surface area contributed by atoms with Crippen LogP contribution in [0, 0.1) is 6.92 Å². The highest BCUT2D eigenvalue weighted by Crippen LogP contribution is 2.48. The Morgan fingerprint density at radius 3 is 2.43 bits per heavy atom. The van der Waals surface area contributed by atoms with Crippen molar-refractivity contribution in [2.24, 2.45) is 0 Å². The Balaban J connectivity index is 1.79. The highest BCUT2D eigenvalue weighted by Gasteiger charge is 2.44. The van der Waals surface area contributed by atoms with Crippen molar-refractivity contribution in [3.05, 3.63) is 66.0 Å². The second-order valence-electron chi connectivity index (χ2n) is 7.66. The van der Waals surface area contributed by atoms with Crippen molar-refractivity contribution < 1.29 is 9.84 Å². The van der Waals surface area contributed by atoms with Crippen molar-refractivity contribution in [3.8, 4) is 11.1 Å². The number of anilines is 2. The lowest BCUT2D eigenvalue weighted by atomic mass is 9.85. The Hall–Kier alpha value is -2.83. The molecular formula is C22H24N4O2. The number of aromatic nitrogens is 3. The van der Waals surface area contributed by atoms with Crippen molar-refractivity contribution >= 4 is 11.4 Å². The van der Waals surface area contributed by atoms with Crippen LogP contribution in [0.25, 0.3) is 11.1 Å². The maximum absolute atomic E-state index is 11.1. The summed E-state index contributed by atoms with van der Waals surface area (Å²) >= 11 is 0. The molecule has 6 nitrogen and oxygen atoms in total. The summed E-state index contributed by atoms with van der Waals surface area (Å²) in [5, 5.41) is 11.1. The van der Waals surface area contributed by atoms with E-state index in [-0.39, 0.29) is 0 Å². The lowest BCUT2D eigenvalue weighted by Gasteiger charge is -2.29. The van der Waals surface area contributed by atoms with Gasteiger partial charge in [0.1, 0.15) is 12.1 Å². The van der Waals surface area contributed by atoms with Crippen molar-refractivity contribution in [1.29, 1.82) is 0 Å². The van der Waals surface area contributed by atoms with E-state index in [1.165, 1.54) is 0 Å². The zero-order valence-corrected chi connectivity index (χ0v) is 16.5. The summed E-state index contributed by atoms with van der Waals surface area (Å²) in [5.74, 6) is 0.741. The molecule has 2 aromatic heterocycles. The molecule has 3 aromatic rings. The fraction of sp³-hybridized carbons (Fsp3) is 0.318. The zero-order valence-electron chi connectivity index (χ0n) is 16.5. The first-order valence-corrected chi connectivity index (χ1v) is 9.26. The minimum absolute atomic E-state index is 0.414. The maximum atomic E-state index is 11.1. The smallest absolute Gasteiger partial charge is 0.140 e. The molecule has 0 amide bonds. The molecule has 1 aromatic carbocycles. The van der Waals surface area contributed by atoms with Gasteiger partial charge < -0.3 is 14.7 Å². The third-order valence-electron chi connectivity index (χ3n) is 5.34. The summed E-state index contributed by atoms with van der Waals surface area (Å²) in [7, 11) is 1.65.